The summed E-state index contributed by atoms with van der Waals surface area (Å²) < 4.78 is 0. The third-order valence-corrected chi connectivity index (χ3v) is 3.89. The maximum atomic E-state index is 5.53. The summed E-state index contributed by atoms with van der Waals surface area (Å²) in [5.74, 6) is 9.17. The second-order valence-corrected chi connectivity index (χ2v) is 5.72. The third-order valence-electron chi connectivity index (χ3n) is 3.89. The lowest BCUT2D eigenvalue weighted by atomic mass is 9.83. The van der Waals surface area contributed by atoms with E-state index in [-0.39, 0.29) is 0 Å². The first-order valence-electron chi connectivity index (χ1n) is 7.20. The van der Waals surface area contributed by atoms with E-state index in [1.54, 1.807) is 0 Å². The summed E-state index contributed by atoms with van der Waals surface area (Å²) in [6.07, 6.45) is 5.40. The number of anilines is 2. The predicted octanol–water partition coefficient (Wildman–Crippen LogP) is 2.80. The molecule has 0 aliphatic heterocycles. The van der Waals surface area contributed by atoms with Crippen LogP contribution in [0.5, 0.6) is 0 Å². The number of nitrogens with two attached hydrogens (primary N) is 1. The van der Waals surface area contributed by atoms with E-state index in [1.165, 1.54) is 25.7 Å². The number of hydrogen-bond donors (Lipinski definition) is 3. The van der Waals surface area contributed by atoms with Crippen molar-refractivity contribution in [3.63, 3.8) is 0 Å². The van der Waals surface area contributed by atoms with Crippen LogP contribution in [0, 0.1) is 12.8 Å². The van der Waals surface area contributed by atoms with Crippen molar-refractivity contribution in [2.24, 2.45) is 11.8 Å². The number of hydrogen-bond acceptors (Lipinski definition) is 5. The van der Waals surface area contributed by atoms with Crippen molar-refractivity contribution in [3.05, 3.63) is 11.4 Å². The van der Waals surface area contributed by atoms with Crippen LogP contribution in [0.4, 0.5) is 11.6 Å². The maximum Gasteiger partial charge on any atom is 0.148 e. The van der Waals surface area contributed by atoms with Gasteiger partial charge in [0, 0.05) is 18.0 Å². The Bertz CT molecular complexity index is 426. The molecule has 0 spiro atoms. The zero-order chi connectivity index (χ0) is 13.8. The fourth-order valence-electron chi connectivity index (χ4n) is 2.28. The fraction of sp³-hybridized carbons (Fsp3) is 0.714. The lowest BCUT2D eigenvalue weighted by molar-refractivity contribution is 0.303. The van der Waals surface area contributed by atoms with Crippen LogP contribution in [0.1, 0.15) is 56.8 Å². The molecular formula is C14H25N5. The van der Waals surface area contributed by atoms with Crippen LogP contribution in [-0.4, -0.2) is 16.5 Å². The van der Waals surface area contributed by atoms with Crippen molar-refractivity contribution in [1.29, 1.82) is 0 Å². The van der Waals surface area contributed by atoms with Gasteiger partial charge in [0.25, 0.3) is 0 Å². The van der Waals surface area contributed by atoms with Crippen molar-refractivity contribution in [1.82, 2.24) is 9.97 Å². The van der Waals surface area contributed by atoms with Gasteiger partial charge >= 0.3 is 0 Å². The first kappa shape index (κ1) is 14.1. The average molecular weight is 263 g/mol. The monoisotopic (exact) mass is 263 g/mol. The van der Waals surface area contributed by atoms with E-state index < -0.39 is 0 Å². The Kier molecular flexibility index (Phi) is 4.58. The minimum absolute atomic E-state index is 0.292. The number of rotatable bonds is 6. The Morgan fingerprint density at radius 2 is 1.95 bits per heavy atom. The summed E-state index contributed by atoms with van der Waals surface area (Å²) in [5.41, 5.74) is 3.65. The van der Waals surface area contributed by atoms with E-state index in [2.05, 4.69) is 34.6 Å². The molecule has 0 radical (unpaired) electrons. The van der Waals surface area contributed by atoms with E-state index in [0.29, 0.717) is 11.7 Å². The summed E-state index contributed by atoms with van der Waals surface area (Å²) in [4.78, 5) is 9.04. The molecule has 0 unspecified atom stereocenters. The largest absolute Gasteiger partial charge is 0.370 e. The third kappa shape index (κ3) is 3.35. The van der Waals surface area contributed by atoms with Gasteiger partial charge in [-0.1, -0.05) is 33.1 Å². The van der Waals surface area contributed by atoms with Gasteiger partial charge in [0.15, 0.2) is 0 Å². The van der Waals surface area contributed by atoms with Crippen molar-refractivity contribution in [2.45, 2.75) is 52.4 Å². The van der Waals surface area contributed by atoms with Gasteiger partial charge in [-0.25, -0.2) is 15.8 Å². The predicted molar refractivity (Wildman–Crippen MR) is 79.1 cm³/mol. The Hall–Kier alpha value is -1.36. The molecule has 1 aliphatic rings. The molecular weight excluding hydrogens is 238 g/mol. The van der Waals surface area contributed by atoms with Crippen molar-refractivity contribution in [2.75, 3.05) is 17.3 Å². The van der Waals surface area contributed by atoms with Crippen molar-refractivity contribution >= 4 is 11.6 Å². The van der Waals surface area contributed by atoms with Gasteiger partial charge in [0.05, 0.1) is 0 Å². The minimum Gasteiger partial charge on any atom is -0.370 e. The number of nitrogens with one attached hydrogen (secondary N) is 2. The standard InChI is InChI=1S/C14H25N5/c1-9(2)12-17-13(10(3)14(18-12)19-15)16-8-7-11-5-4-6-11/h9,11H,4-8,15H2,1-3H3,(H2,16,17,18,19). The molecule has 4 N–H and O–H groups in total. The maximum absolute atomic E-state index is 5.53. The Morgan fingerprint density at radius 1 is 1.26 bits per heavy atom. The van der Waals surface area contributed by atoms with Crippen LogP contribution >= 0.6 is 0 Å². The van der Waals surface area contributed by atoms with Crippen molar-refractivity contribution in [3.8, 4) is 0 Å². The van der Waals surface area contributed by atoms with Crippen LogP contribution in [0.3, 0.4) is 0 Å². The molecule has 5 heteroatoms. The van der Waals surface area contributed by atoms with Gasteiger partial charge in [0.2, 0.25) is 0 Å². The van der Waals surface area contributed by atoms with Gasteiger partial charge in [-0.05, 0) is 19.3 Å². The fourth-order valence-corrected chi connectivity index (χ4v) is 2.28. The molecule has 1 saturated carbocycles. The molecule has 5 nitrogen and oxygen atoms in total. The lowest BCUT2D eigenvalue weighted by Gasteiger charge is -2.25. The molecule has 0 amide bonds. The van der Waals surface area contributed by atoms with E-state index >= 15 is 0 Å². The molecule has 0 saturated heterocycles. The summed E-state index contributed by atoms with van der Waals surface area (Å²) in [6, 6.07) is 0. The lowest BCUT2D eigenvalue weighted by Crippen LogP contribution is -2.18. The van der Waals surface area contributed by atoms with Crippen LogP contribution < -0.4 is 16.6 Å². The SMILES string of the molecule is Cc1c(NN)nc(C(C)C)nc1NCCC1CCC1. The van der Waals surface area contributed by atoms with Gasteiger partial charge < -0.3 is 10.7 Å². The molecule has 1 aliphatic carbocycles. The van der Waals surface area contributed by atoms with E-state index in [0.717, 1.165) is 29.7 Å². The van der Waals surface area contributed by atoms with E-state index in [9.17, 15) is 0 Å². The molecule has 0 aromatic carbocycles. The van der Waals surface area contributed by atoms with E-state index in [1.807, 2.05) is 6.92 Å². The van der Waals surface area contributed by atoms with Crippen molar-refractivity contribution < 1.29 is 0 Å². The molecule has 19 heavy (non-hydrogen) atoms. The zero-order valence-electron chi connectivity index (χ0n) is 12.2. The number of nitrogen functional groups attached to an aromatic ring is 1. The molecule has 0 atom stereocenters. The van der Waals surface area contributed by atoms with Crippen LogP contribution in [-0.2, 0) is 0 Å². The number of aromatic nitrogens is 2. The molecule has 0 bridgehead atoms. The quantitative estimate of drug-likeness (QED) is 0.543. The average Bonchev–Trinajstić information content (AvgIpc) is 2.33. The molecule has 106 valence electrons. The van der Waals surface area contributed by atoms with Gasteiger partial charge in [-0.2, -0.15) is 0 Å². The summed E-state index contributed by atoms with van der Waals surface area (Å²) in [7, 11) is 0. The first-order chi connectivity index (χ1) is 9.11. The molecule has 2 rings (SSSR count). The normalized spacial score (nSPS) is 15.4. The second-order valence-electron chi connectivity index (χ2n) is 5.72. The van der Waals surface area contributed by atoms with Gasteiger partial charge in [-0.15, -0.1) is 0 Å². The highest BCUT2D eigenvalue weighted by Gasteiger charge is 2.17. The summed E-state index contributed by atoms with van der Waals surface area (Å²) >= 11 is 0. The smallest absolute Gasteiger partial charge is 0.148 e. The summed E-state index contributed by atoms with van der Waals surface area (Å²) in [6.45, 7) is 7.14. The topological polar surface area (TPSA) is 75.9 Å². The second kappa shape index (κ2) is 6.19. The van der Waals surface area contributed by atoms with Gasteiger partial charge in [0.1, 0.15) is 17.5 Å². The molecule has 1 aromatic rings. The highest BCUT2D eigenvalue weighted by molar-refractivity contribution is 5.56. The molecule has 1 fully saturated rings. The number of hydrazine groups is 1. The molecule has 1 aromatic heterocycles. The Morgan fingerprint density at radius 3 is 2.47 bits per heavy atom. The highest BCUT2D eigenvalue weighted by Crippen LogP contribution is 2.29. The van der Waals surface area contributed by atoms with Crippen LogP contribution in [0.15, 0.2) is 0 Å². The first-order valence-corrected chi connectivity index (χ1v) is 7.20. The Labute approximate surface area is 115 Å². The highest BCUT2D eigenvalue weighted by atomic mass is 15.3. The zero-order valence-corrected chi connectivity index (χ0v) is 12.2. The summed E-state index contributed by atoms with van der Waals surface area (Å²) in [5, 5.41) is 3.44. The van der Waals surface area contributed by atoms with Crippen LogP contribution in [0.25, 0.3) is 0 Å². The Balaban J connectivity index is 2.05. The van der Waals surface area contributed by atoms with Crippen LogP contribution in [0.2, 0.25) is 0 Å². The molecule has 1 heterocycles. The van der Waals surface area contributed by atoms with Gasteiger partial charge in [-0.3, -0.25) is 0 Å². The van der Waals surface area contributed by atoms with E-state index in [4.69, 9.17) is 5.84 Å². The minimum atomic E-state index is 0.292. The number of nitrogens with zero attached hydrogens (tertiary/aromatic N) is 2.